The molecule has 9 nitrogen and oxygen atoms in total. The minimum absolute atomic E-state index is 0.258. The molecule has 5 atom stereocenters. The number of hydrogen-bond donors (Lipinski definition) is 1. The van der Waals surface area contributed by atoms with Gasteiger partial charge in [-0.25, -0.2) is 4.79 Å². The summed E-state index contributed by atoms with van der Waals surface area (Å²) in [6.45, 7) is 1.78. The lowest BCUT2D eigenvalue weighted by atomic mass is 9.98. The van der Waals surface area contributed by atoms with E-state index in [1.54, 1.807) is 30.3 Å². The predicted molar refractivity (Wildman–Crippen MR) is 89.5 cm³/mol. The van der Waals surface area contributed by atoms with Crippen LogP contribution in [0.25, 0.3) is 0 Å². The lowest BCUT2D eigenvalue weighted by Crippen LogP contribution is -2.62. The molecule has 0 unspecified atom stereocenters. The van der Waals surface area contributed by atoms with E-state index in [1.165, 1.54) is 14.0 Å². The summed E-state index contributed by atoms with van der Waals surface area (Å²) >= 11 is 0. The van der Waals surface area contributed by atoms with Gasteiger partial charge in [-0.05, 0) is 12.1 Å². The third-order valence-electron chi connectivity index (χ3n) is 3.86. The van der Waals surface area contributed by atoms with E-state index < -0.39 is 55.2 Å². The lowest BCUT2D eigenvalue weighted by molar-refractivity contribution is -0.299. The Morgan fingerprint density at radius 3 is 2.07 bits per heavy atom. The molecular weight excluding hydrogens is 360 g/mol. The first-order chi connectivity index (χ1) is 12.9. The molecule has 1 heterocycles. The fourth-order valence-electron chi connectivity index (χ4n) is 2.77. The zero-order valence-corrected chi connectivity index (χ0v) is 15.2. The zero-order valence-electron chi connectivity index (χ0n) is 15.2. The normalized spacial score (nSPS) is 27.5. The van der Waals surface area contributed by atoms with Crippen molar-refractivity contribution in [3.8, 4) is 0 Å². The average Bonchev–Trinajstić information content (AvgIpc) is 2.64. The minimum Gasteiger partial charge on any atom is -0.454 e. The van der Waals surface area contributed by atoms with Gasteiger partial charge in [0.15, 0.2) is 24.6 Å². The first-order valence-corrected chi connectivity index (χ1v) is 8.27. The van der Waals surface area contributed by atoms with Crippen molar-refractivity contribution in [2.24, 2.45) is 0 Å². The fraction of sp³-hybridized carbons (Fsp3) is 0.500. The minimum atomic E-state index is -1.23. The van der Waals surface area contributed by atoms with Crippen LogP contribution in [0.15, 0.2) is 30.3 Å². The van der Waals surface area contributed by atoms with Crippen molar-refractivity contribution < 1.29 is 43.2 Å². The van der Waals surface area contributed by atoms with Gasteiger partial charge in [0.1, 0.15) is 6.10 Å². The molecule has 1 aromatic carbocycles. The van der Waals surface area contributed by atoms with Gasteiger partial charge >= 0.3 is 17.9 Å². The maximum atomic E-state index is 12.4. The van der Waals surface area contributed by atoms with Gasteiger partial charge in [0.05, 0.1) is 12.2 Å². The summed E-state index contributed by atoms with van der Waals surface area (Å²) in [6, 6.07) is 8.14. The monoisotopic (exact) mass is 382 g/mol. The molecule has 148 valence electrons. The molecule has 1 aromatic rings. The number of benzene rings is 1. The topological polar surface area (TPSA) is 118 Å². The third-order valence-corrected chi connectivity index (χ3v) is 3.86. The first kappa shape index (κ1) is 20.8. The van der Waals surface area contributed by atoms with E-state index in [9.17, 15) is 19.5 Å². The highest BCUT2D eigenvalue weighted by molar-refractivity contribution is 5.89. The summed E-state index contributed by atoms with van der Waals surface area (Å²) in [5.74, 6) is -2.07. The van der Waals surface area contributed by atoms with E-state index in [2.05, 4.69) is 0 Å². The number of esters is 3. The second-order valence-corrected chi connectivity index (χ2v) is 5.85. The Morgan fingerprint density at radius 2 is 1.56 bits per heavy atom. The number of hydrogen-bond acceptors (Lipinski definition) is 9. The third kappa shape index (κ3) is 5.25. The Bertz CT molecular complexity index is 660. The molecule has 0 aromatic heterocycles. The summed E-state index contributed by atoms with van der Waals surface area (Å²) in [5.41, 5.74) is 0.258. The van der Waals surface area contributed by atoms with Crippen molar-refractivity contribution >= 4 is 17.9 Å². The summed E-state index contributed by atoms with van der Waals surface area (Å²) < 4.78 is 26.6. The SMILES string of the molecule is CO[C@H]1O[C@H](CO)[C@@H](OC(=O)c2ccccc2)[C@H](OC(C)=O)[C@@H]1OC(C)=O. The van der Waals surface area contributed by atoms with E-state index in [4.69, 9.17) is 23.7 Å². The summed E-state index contributed by atoms with van der Waals surface area (Å²) in [4.78, 5) is 35.5. The number of carbonyl (C=O) groups excluding carboxylic acids is 3. The van der Waals surface area contributed by atoms with E-state index >= 15 is 0 Å². The van der Waals surface area contributed by atoms with E-state index in [0.29, 0.717) is 0 Å². The number of carbonyl (C=O) groups is 3. The second kappa shape index (κ2) is 9.45. The van der Waals surface area contributed by atoms with Crippen LogP contribution < -0.4 is 0 Å². The highest BCUT2D eigenvalue weighted by Gasteiger charge is 2.52. The van der Waals surface area contributed by atoms with Gasteiger partial charge in [0, 0.05) is 21.0 Å². The van der Waals surface area contributed by atoms with Crippen molar-refractivity contribution in [2.45, 2.75) is 44.6 Å². The van der Waals surface area contributed by atoms with E-state index in [0.717, 1.165) is 6.92 Å². The van der Waals surface area contributed by atoms with Crippen LogP contribution in [0.4, 0.5) is 0 Å². The predicted octanol–water partition coefficient (Wildman–Crippen LogP) is 0.439. The van der Waals surface area contributed by atoms with E-state index in [1.807, 2.05) is 0 Å². The first-order valence-electron chi connectivity index (χ1n) is 8.27. The smallest absolute Gasteiger partial charge is 0.338 e. The van der Waals surface area contributed by atoms with Crippen molar-refractivity contribution in [2.75, 3.05) is 13.7 Å². The number of aliphatic hydroxyl groups is 1. The molecule has 0 bridgehead atoms. The van der Waals surface area contributed by atoms with Crippen LogP contribution in [0, 0.1) is 0 Å². The van der Waals surface area contributed by atoms with Crippen LogP contribution in [0.3, 0.4) is 0 Å². The lowest BCUT2D eigenvalue weighted by Gasteiger charge is -2.43. The molecule has 2 rings (SSSR count). The Hall–Kier alpha value is -2.49. The summed E-state index contributed by atoms with van der Waals surface area (Å²) in [6.07, 6.45) is -5.81. The molecule has 27 heavy (non-hydrogen) atoms. The standard InChI is InChI=1S/C18H22O9/c1-10(20)24-15-14(27-17(22)12-7-5-4-6-8-12)13(9-19)26-18(23-3)16(15)25-11(2)21/h4-8,13-16,18-19H,9H2,1-3H3/t13-,14-,15+,16+,18+/m1/s1. The molecule has 0 radical (unpaired) electrons. The summed E-state index contributed by atoms with van der Waals surface area (Å²) in [7, 11) is 1.30. The highest BCUT2D eigenvalue weighted by Crippen LogP contribution is 2.29. The molecule has 0 aliphatic carbocycles. The van der Waals surface area contributed by atoms with Crippen molar-refractivity contribution in [1.29, 1.82) is 0 Å². The number of methoxy groups -OCH3 is 1. The zero-order chi connectivity index (χ0) is 20.0. The molecule has 1 saturated heterocycles. The highest BCUT2D eigenvalue weighted by atomic mass is 16.7. The molecule has 0 saturated carbocycles. The van der Waals surface area contributed by atoms with E-state index in [-0.39, 0.29) is 5.56 Å². The van der Waals surface area contributed by atoms with Crippen LogP contribution in [-0.2, 0) is 33.3 Å². The molecule has 1 aliphatic rings. The van der Waals surface area contributed by atoms with Gasteiger partial charge in [-0.2, -0.15) is 0 Å². The van der Waals surface area contributed by atoms with Crippen molar-refractivity contribution in [1.82, 2.24) is 0 Å². The van der Waals surface area contributed by atoms with Crippen molar-refractivity contribution in [3.63, 3.8) is 0 Å². The van der Waals surface area contributed by atoms with Crippen LogP contribution in [-0.4, -0.2) is 67.4 Å². The molecule has 0 spiro atoms. The summed E-state index contributed by atoms with van der Waals surface area (Å²) in [5, 5.41) is 9.66. The van der Waals surface area contributed by atoms with Crippen LogP contribution in [0.1, 0.15) is 24.2 Å². The maximum absolute atomic E-state index is 12.4. The number of ether oxygens (including phenoxy) is 5. The second-order valence-electron chi connectivity index (χ2n) is 5.85. The molecule has 1 aliphatic heterocycles. The van der Waals surface area contributed by atoms with Crippen molar-refractivity contribution in [3.05, 3.63) is 35.9 Å². The maximum Gasteiger partial charge on any atom is 0.338 e. The Morgan fingerprint density at radius 1 is 0.963 bits per heavy atom. The Kier molecular flexibility index (Phi) is 7.28. The van der Waals surface area contributed by atoms with Gasteiger partial charge in [0.25, 0.3) is 0 Å². The fourth-order valence-corrected chi connectivity index (χ4v) is 2.77. The number of aliphatic hydroxyl groups excluding tert-OH is 1. The molecule has 9 heteroatoms. The Balaban J connectivity index is 2.34. The molecule has 0 amide bonds. The average molecular weight is 382 g/mol. The van der Waals surface area contributed by atoms with Crippen LogP contribution >= 0.6 is 0 Å². The van der Waals surface area contributed by atoms with Crippen LogP contribution in [0.2, 0.25) is 0 Å². The van der Waals surface area contributed by atoms with Gasteiger partial charge < -0.3 is 28.8 Å². The van der Waals surface area contributed by atoms with Gasteiger partial charge in [0.2, 0.25) is 0 Å². The molecule has 1 fully saturated rings. The van der Waals surface area contributed by atoms with Gasteiger partial charge in [-0.3, -0.25) is 9.59 Å². The quantitative estimate of drug-likeness (QED) is 0.552. The molecular formula is C18H22O9. The van der Waals surface area contributed by atoms with Crippen LogP contribution in [0.5, 0.6) is 0 Å². The number of rotatable bonds is 6. The van der Waals surface area contributed by atoms with Gasteiger partial charge in [-0.15, -0.1) is 0 Å². The molecule has 1 N–H and O–H groups in total. The van der Waals surface area contributed by atoms with Gasteiger partial charge in [-0.1, -0.05) is 18.2 Å². The largest absolute Gasteiger partial charge is 0.454 e. The Labute approximate surface area is 156 Å².